The van der Waals surface area contributed by atoms with E-state index in [1.165, 1.54) is 0 Å². The average molecular weight is 506 g/mol. The molecule has 1 aromatic carbocycles. The van der Waals surface area contributed by atoms with Gasteiger partial charge in [-0.15, -0.1) is 0 Å². The lowest BCUT2D eigenvalue weighted by molar-refractivity contribution is -0.122. The van der Waals surface area contributed by atoms with E-state index in [0.29, 0.717) is 30.0 Å². The molecular formula is C27H29N4O4S. The average Bonchev–Trinajstić information content (AvgIpc) is 3.44. The van der Waals surface area contributed by atoms with Crippen LogP contribution >= 0.6 is 11.3 Å². The number of thiophene rings is 1. The molecule has 1 fully saturated rings. The van der Waals surface area contributed by atoms with E-state index in [9.17, 15) is 9.59 Å². The fourth-order valence-corrected chi connectivity index (χ4v) is 5.46. The van der Waals surface area contributed by atoms with Crippen molar-refractivity contribution in [3.05, 3.63) is 57.8 Å². The highest BCUT2D eigenvalue weighted by atomic mass is 32.1. The molecule has 5 rings (SSSR count). The number of nitrogens with zero attached hydrogens (tertiary/aromatic N) is 3. The molecule has 2 aliphatic heterocycles. The molecule has 36 heavy (non-hydrogen) atoms. The minimum Gasteiger partial charge on any atom is -0.496 e. The lowest BCUT2D eigenvalue weighted by Crippen LogP contribution is -2.48. The Balaban J connectivity index is 1.69. The molecule has 1 unspecified atom stereocenters. The van der Waals surface area contributed by atoms with Crippen LogP contribution in [0.1, 0.15) is 54.7 Å². The minimum absolute atomic E-state index is 0.180. The van der Waals surface area contributed by atoms with Crippen LogP contribution in [-0.4, -0.2) is 46.2 Å². The first kappa shape index (κ1) is 24.1. The summed E-state index contributed by atoms with van der Waals surface area (Å²) in [7, 11) is 1.64. The zero-order chi connectivity index (χ0) is 25.4. The summed E-state index contributed by atoms with van der Waals surface area (Å²) in [5.74, 6) is 0.568. The Morgan fingerprint density at radius 1 is 1.31 bits per heavy atom. The zero-order valence-electron chi connectivity index (χ0n) is 20.6. The molecule has 2 amide bonds. The van der Waals surface area contributed by atoms with Crippen LogP contribution in [0.3, 0.4) is 0 Å². The molecule has 1 atom stereocenters. The van der Waals surface area contributed by atoms with Crippen molar-refractivity contribution in [1.82, 2.24) is 14.7 Å². The van der Waals surface area contributed by atoms with Gasteiger partial charge in [-0.25, -0.2) is 4.68 Å². The predicted octanol–water partition coefficient (Wildman–Crippen LogP) is 4.61. The third kappa shape index (κ3) is 4.28. The number of nitrogens with two attached hydrogens (primary N) is 1. The maximum atomic E-state index is 13.9. The van der Waals surface area contributed by atoms with Crippen LogP contribution in [-0.2, 0) is 11.4 Å². The summed E-state index contributed by atoms with van der Waals surface area (Å²) in [5.41, 5.74) is 11.2. The Morgan fingerprint density at radius 2 is 2.14 bits per heavy atom. The maximum Gasteiger partial charge on any atom is 0.275 e. The highest BCUT2D eigenvalue weighted by molar-refractivity contribution is 7.08. The lowest BCUT2D eigenvalue weighted by atomic mass is 9.98. The number of fused-ring (bicyclic) bond motifs is 3. The Morgan fingerprint density at radius 3 is 2.83 bits per heavy atom. The number of rotatable bonds is 5. The molecule has 0 saturated carbocycles. The first-order valence-corrected chi connectivity index (χ1v) is 12.9. The van der Waals surface area contributed by atoms with Crippen LogP contribution in [0.5, 0.6) is 11.5 Å². The Bertz CT molecular complexity index is 1340. The van der Waals surface area contributed by atoms with Gasteiger partial charge in [-0.3, -0.25) is 9.59 Å². The molecule has 1 radical (unpaired) electrons. The number of carbonyl (C=O) groups is 2. The summed E-state index contributed by atoms with van der Waals surface area (Å²) in [6.45, 7) is 4.68. The normalized spacial score (nSPS) is 16.9. The molecule has 3 aromatic rings. The summed E-state index contributed by atoms with van der Waals surface area (Å²) in [6.07, 6.45) is 6.13. The fraction of sp³-hybridized carbons (Fsp3) is 0.333. The number of benzene rings is 1. The van der Waals surface area contributed by atoms with Gasteiger partial charge in [-0.1, -0.05) is 11.6 Å². The third-order valence-corrected chi connectivity index (χ3v) is 7.17. The van der Waals surface area contributed by atoms with E-state index in [1.807, 2.05) is 53.9 Å². The molecule has 2 N–H and O–H groups in total. The summed E-state index contributed by atoms with van der Waals surface area (Å²) >= 11 is 1.55. The molecule has 8 nitrogen and oxygen atoms in total. The minimum atomic E-state index is -0.688. The van der Waals surface area contributed by atoms with E-state index >= 15 is 0 Å². The van der Waals surface area contributed by atoms with E-state index < -0.39 is 11.9 Å². The number of allylic oxidation sites excluding steroid dienone is 1. The molecule has 0 aliphatic carbocycles. The molecule has 0 bridgehead atoms. The lowest BCUT2D eigenvalue weighted by Gasteiger charge is -2.27. The number of methoxy groups -OCH3 is 1. The van der Waals surface area contributed by atoms with Crippen LogP contribution in [0, 0.1) is 6.42 Å². The molecule has 2 aromatic heterocycles. The highest BCUT2D eigenvalue weighted by Crippen LogP contribution is 2.44. The maximum absolute atomic E-state index is 13.9. The van der Waals surface area contributed by atoms with Crippen molar-refractivity contribution in [3.8, 4) is 28.4 Å². The van der Waals surface area contributed by atoms with E-state index in [2.05, 4.69) is 6.08 Å². The molecule has 4 heterocycles. The summed E-state index contributed by atoms with van der Waals surface area (Å²) in [4.78, 5) is 27.7. The van der Waals surface area contributed by atoms with Crippen molar-refractivity contribution in [3.63, 3.8) is 0 Å². The van der Waals surface area contributed by atoms with Gasteiger partial charge in [0, 0.05) is 34.7 Å². The highest BCUT2D eigenvalue weighted by Gasteiger charge is 2.36. The van der Waals surface area contributed by atoms with Gasteiger partial charge in [0.05, 0.1) is 18.5 Å². The number of aromatic nitrogens is 2. The number of likely N-dealkylation sites (tertiary alicyclic amines) is 1. The second kappa shape index (κ2) is 9.81. The Hall–Kier alpha value is -3.59. The van der Waals surface area contributed by atoms with Crippen molar-refractivity contribution >= 4 is 29.2 Å². The summed E-state index contributed by atoms with van der Waals surface area (Å²) in [5, 5.41) is 8.77. The van der Waals surface area contributed by atoms with Crippen LogP contribution in [0.2, 0.25) is 0 Å². The van der Waals surface area contributed by atoms with E-state index in [0.717, 1.165) is 40.9 Å². The molecular weight excluding hydrogens is 476 g/mol. The van der Waals surface area contributed by atoms with Crippen LogP contribution in [0.15, 0.2) is 34.5 Å². The van der Waals surface area contributed by atoms with Gasteiger partial charge in [0.15, 0.2) is 5.69 Å². The quantitative estimate of drug-likeness (QED) is 0.546. The number of primary amides is 1. The monoisotopic (exact) mass is 505 g/mol. The number of carbonyl (C=O) groups excluding carboxylic acids is 2. The first-order valence-electron chi connectivity index (χ1n) is 12.0. The van der Waals surface area contributed by atoms with Crippen molar-refractivity contribution in [1.29, 1.82) is 0 Å². The predicted molar refractivity (Wildman–Crippen MR) is 139 cm³/mol. The topological polar surface area (TPSA) is 99.7 Å². The van der Waals surface area contributed by atoms with Crippen molar-refractivity contribution in [2.24, 2.45) is 5.73 Å². The third-order valence-electron chi connectivity index (χ3n) is 6.50. The van der Waals surface area contributed by atoms with Gasteiger partial charge in [0.2, 0.25) is 5.91 Å². The largest absolute Gasteiger partial charge is 0.496 e. The van der Waals surface area contributed by atoms with Gasteiger partial charge in [-0.05, 0) is 57.0 Å². The van der Waals surface area contributed by atoms with Crippen LogP contribution in [0.4, 0.5) is 0 Å². The first-order chi connectivity index (χ1) is 17.4. The molecule has 9 heteroatoms. The zero-order valence-corrected chi connectivity index (χ0v) is 21.4. The van der Waals surface area contributed by atoms with Gasteiger partial charge in [0.25, 0.3) is 5.91 Å². The van der Waals surface area contributed by atoms with Crippen LogP contribution in [0.25, 0.3) is 23.0 Å². The van der Waals surface area contributed by atoms with E-state index in [1.54, 1.807) is 23.3 Å². The van der Waals surface area contributed by atoms with E-state index in [4.69, 9.17) is 20.3 Å². The number of hydrogen-bond acceptors (Lipinski definition) is 6. The molecule has 187 valence electrons. The Kier molecular flexibility index (Phi) is 6.57. The van der Waals surface area contributed by atoms with Gasteiger partial charge < -0.3 is 20.1 Å². The number of hydrogen-bond donors (Lipinski definition) is 1. The van der Waals surface area contributed by atoms with E-state index in [-0.39, 0.29) is 18.2 Å². The molecule has 1 saturated heterocycles. The summed E-state index contributed by atoms with van der Waals surface area (Å²) < 4.78 is 13.6. The van der Waals surface area contributed by atoms with Gasteiger partial charge >= 0.3 is 0 Å². The number of amides is 2. The van der Waals surface area contributed by atoms with Crippen LogP contribution < -0.4 is 15.2 Å². The smallest absolute Gasteiger partial charge is 0.275 e. The second-order valence-corrected chi connectivity index (χ2v) is 10.0. The molecule has 0 spiro atoms. The van der Waals surface area contributed by atoms with Crippen molar-refractivity contribution in [2.45, 2.75) is 45.8 Å². The SMILES string of the molecule is COc1cc2c(cc1C=C(C)C)-c1c(c(C(=O)N3CCC[CH]CC3C(N)=O)nn1-c1ccsc1)CO2. The number of ether oxygens (including phenoxy) is 2. The van der Waals surface area contributed by atoms with Crippen molar-refractivity contribution < 1.29 is 19.1 Å². The standard InChI is InChI=1S/C27H29N4O4S/c1-16(2)11-17-12-19-23(13-22(17)34-3)35-14-20-24(29-31(25(19)20)18-8-10-36-15-18)27(33)30-9-6-4-5-7-21(30)26(28)32/h5,8,10-13,15,21H,4,6-7,9,14H2,1-3H3,(H2,28,32). The molecule has 2 aliphatic rings. The fourth-order valence-electron chi connectivity index (χ4n) is 4.85. The Labute approximate surface area is 214 Å². The van der Waals surface area contributed by atoms with Gasteiger partial charge in [-0.2, -0.15) is 16.4 Å². The summed E-state index contributed by atoms with van der Waals surface area (Å²) in [6, 6.07) is 5.18. The van der Waals surface area contributed by atoms with Gasteiger partial charge in [0.1, 0.15) is 24.1 Å². The van der Waals surface area contributed by atoms with Crippen molar-refractivity contribution in [2.75, 3.05) is 13.7 Å². The second-order valence-electron chi connectivity index (χ2n) is 9.25.